The Balaban J connectivity index is 1.61. The zero-order chi connectivity index (χ0) is 24.8. The minimum Gasteiger partial charge on any atom is -0.497 e. The average Bonchev–Trinajstić information content (AvgIpc) is 3.58. The highest BCUT2D eigenvalue weighted by Crippen LogP contribution is 2.27. The summed E-state index contributed by atoms with van der Waals surface area (Å²) in [4.78, 5) is 29.9. The SMILES string of the molecule is COc1ccc(C(=O)N(Cc2cc(NC(=O)c3ccco3)ccc2N(C)C)CC2CCCO2)cc1. The van der Waals surface area contributed by atoms with Gasteiger partial charge in [0, 0.05) is 50.7 Å². The molecule has 1 aliphatic rings. The van der Waals surface area contributed by atoms with Crippen LogP contribution in [0.3, 0.4) is 0 Å². The molecule has 35 heavy (non-hydrogen) atoms. The Morgan fingerprint density at radius 2 is 1.91 bits per heavy atom. The van der Waals surface area contributed by atoms with E-state index in [1.54, 1.807) is 43.5 Å². The average molecular weight is 478 g/mol. The molecule has 1 unspecified atom stereocenters. The monoisotopic (exact) mass is 477 g/mol. The first-order chi connectivity index (χ1) is 16.9. The topological polar surface area (TPSA) is 84.2 Å². The number of nitrogens with one attached hydrogen (secondary N) is 1. The third-order valence-corrected chi connectivity index (χ3v) is 6.00. The summed E-state index contributed by atoms with van der Waals surface area (Å²) in [5.41, 5.74) is 3.08. The van der Waals surface area contributed by atoms with Crippen LogP contribution >= 0.6 is 0 Å². The molecule has 1 fully saturated rings. The summed E-state index contributed by atoms with van der Waals surface area (Å²) >= 11 is 0. The molecule has 0 saturated carbocycles. The number of rotatable bonds is 9. The van der Waals surface area contributed by atoms with Crippen molar-refractivity contribution in [2.45, 2.75) is 25.5 Å². The molecule has 2 aromatic carbocycles. The number of carbonyl (C=O) groups excluding carboxylic acids is 2. The number of nitrogens with zero attached hydrogens (tertiary/aromatic N) is 2. The van der Waals surface area contributed by atoms with Crippen LogP contribution in [0.25, 0.3) is 0 Å². The molecule has 8 heteroatoms. The van der Waals surface area contributed by atoms with Gasteiger partial charge in [0.05, 0.1) is 19.5 Å². The molecule has 2 heterocycles. The highest BCUT2D eigenvalue weighted by Gasteiger charge is 2.25. The lowest BCUT2D eigenvalue weighted by atomic mass is 10.1. The number of hydrogen-bond acceptors (Lipinski definition) is 6. The van der Waals surface area contributed by atoms with Crippen LogP contribution in [0.5, 0.6) is 5.75 Å². The standard InChI is InChI=1S/C27H31N3O5/c1-29(2)24-13-10-21(28-26(31)25-7-5-15-35-25)16-20(24)17-30(18-23-6-4-14-34-23)27(32)19-8-11-22(33-3)12-9-19/h5,7-13,15-16,23H,4,6,14,17-18H2,1-3H3,(H,28,31). The van der Waals surface area contributed by atoms with Crippen LogP contribution in [0, 0.1) is 0 Å². The second kappa shape index (κ2) is 11.1. The van der Waals surface area contributed by atoms with E-state index in [1.807, 2.05) is 42.1 Å². The minimum absolute atomic E-state index is 0.00171. The highest BCUT2D eigenvalue weighted by atomic mass is 16.5. The molecule has 1 aromatic heterocycles. The quantitative estimate of drug-likeness (QED) is 0.491. The maximum Gasteiger partial charge on any atom is 0.291 e. The van der Waals surface area contributed by atoms with Gasteiger partial charge >= 0.3 is 0 Å². The smallest absolute Gasteiger partial charge is 0.291 e. The van der Waals surface area contributed by atoms with E-state index in [4.69, 9.17) is 13.9 Å². The van der Waals surface area contributed by atoms with Gasteiger partial charge in [0.15, 0.2) is 5.76 Å². The van der Waals surface area contributed by atoms with Gasteiger partial charge < -0.3 is 29.0 Å². The molecular formula is C27H31N3O5. The van der Waals surface area contributed by atoms with Crippen molar-refractivity contribution in [2.75, 3.05) is 44.6 Å². The number of carbonyl (C=O) groups is 2. The lowest BCUT2D eigenvalue weighted by Crippen LogP contribution is -2.37. The van der Waals surface area contributed by atoms with Crippen LogP contribution in [0.15, 0.2) is 65.3 Å². The summed E-state index contributed by atoms with van der Waals surface area (Å²) in [5.74, 6) is 0.516. The van der Waals surface area contributed by atoms with Gasteiger partial charge in [-0.05, 0) is 73.0 Å². The maximum absolute atomic E-state index is 13.6. The maximum atomic E-state index is 13.6. The fourth-order valence-electron chi connectivity index (χ4n) is 4.20. The van der Waals surface area contributed by atoms with Crippen LogP contribution in [0.2, 0.25) is 0 Å². The molecule has 1 saturated heterocycles. The van der Waals surface area contributed by atoms with Gasteiger partial charge in [0.1, 0.15) is 5.75 Å². The third kappa shape index (κ3) is 6.02. The largest absolute Gasteiger partial charge is 0.497 e. The number of ether oxygens (including phenoxy) is 2. The first-order valence-corrected chi connectivity index (χ1v) is 11.6. The first kappa shape index (κ1) is 24.3. The Labute approximate surface area is 205 Å². The van der Waals surface area contributed by atoms with Gasteiger partial charge in [0.2, 0.25) is 0 Å². The summed E-state index contributed by atoms with van der Waals surface area (Å²) in [6.07, 6.45) is 3.38. The Kier molecular flexibility index (Phi) is 7.72. The molecule has 1 aliphatic heterocycles. The van der Waals surface area contributed by atoms with Crippen molar-refractivity contribution in [1.82, 2.24) is 4.90 Å². The van der Waals surface area contributed by atoms with E-state index in [0.717, 1.165) is 24.1 Å². The highest BCUT2D eigenvalue weighted by molar-refractivity contribution is 6.02. The van der Waals surface area contributed by atoms with Crippen molar-refractivity contribution in [2.24, 2.45) is 0 Å². The number of furan rings is 1. The van der Waals surface area contributed by atoms with E-state index in [1.165, 1.54) is 6.26 Å². The van der Waals surface area contributed by atoms with E-state index in [0.29, 0.717) is 36.7 Å². The van der Waals surface area contributed by atoms with E-state index in [-0.39, 0.29) is 23.7 Å². The fourth-order valence-corrected chi connectivity index (χ4v) is 4.20. The minimum atomic E-state index is -0.330. The predicted molar refractivity (Wildman–Crippen MR) is 134 cm³/mol. The second-order valence-corrected chi connectivity index (χ2v) is 8.72. The summed E-state index contributed by atoms with van der Waals surface area (Å²) in [6.45, 7) is 1.57. The van der Waals surface area contributed by atoms with Gasteiger partial charge in [-0.1, -0.05) is 0 Å². The lowest BCUT2D eigenvalue weighted by molar-refractivity contribution is 0.0507. The summed E-state index contributed by atoms with van der Waals surface area (Å²) in [5, 5.41) is 2.88. The second-order valence-electron chi connectivity index (χ2n) is 8.72. The Hall–Kier alpha value is -3.78. The number of methoxy groups -OCH3 is 1. The molecule has 0 bridgehead atoms. The molecule has 1 N–H and O–H groups in total. The van der Waals surface area contributed by atoms with Crippen LogP contribution in [0.4, 0.5) is 11.4 Å². The normalized spacial score (nSPS) is 15.0. The van der Waals surface area contributed by atoms with Crippen molar-refractivity contribution in [3.63, 3.8) is 0 Å². The van der Waals surface area contributed by atoms with E-state index in [9.17, 15) is 9.59 Å². The number of hydrogen-bond donors (Lipinski definition) is 1. The molecule has 4 rings (SSSR count). The number of anilines is 2. The van der Waals surface area contributed by atoms with Crippen molar-refractivity contribution in [3.8, 4) is 5.75 Å². The van der Waals surface area contributed by atoms with Crippen molar-refractivity contribution in [3.05, 3.63) is 77.7 Å². The Morgan fingerprint density at radius 1 is 1.11 bits per heavy atom. The van der Waals surface area contributed by atoms with Crippen LogP contribution < -0.4 is 15.0 Å². The Bertz CT molecular complexity index is 1140. The molecule has 3 aromatic rings. The fraction of sp³-hybridized carbons (Fsp3) is 0.333. The molecule has 0 aliphatic carbocycles. The van der Waals surface area contributed by atoms with Crippen LogP contribution in [-0.2, 0) is 11.3 Å². The van der Waals surface area contributed by atoms with E-state index >= 15 is 0 Å². The number of amides is 2. The zero-order valence-corrected chi connectivity index (χ0v) is 20.3. The molecular weight excluding hydrogens is 446 g/mol. The summed E-state index contributed by atoms with van der Waals surface area (Å²) in [7, 11) is 5.51. The predicted octanol–water partition coefficient (Wildman–Crippen LogP) is 4.43. The van der Waals surface area contributed by atoms with Gasteiger partial charge in [-0.15, -0.1) is 0 Å². The first-order valence-electron chi connectivity index (χ1n) is 11.6. The Morgan fingerprint density at radius 3 is 2.54 bits per heavy atom. The van der Waals surface area contributed by atoms with Gasteiger partial charge in [0.25, 0.3) is 11.8 Å². The molecule has 8 nitrogen and oxygen atoms in total. The molecule has 0 spiro atoms. The molecule has 0 radical (unpaired) electrons. The van der Waals surface area contributed by atoms with E-state index in [2.05, 4.69) is 5.32 Å². The van der Waals surface area contributed by atoms with Gasteiger partial charge in [-0.2, -0.15) is 0 Å². The summed E-state index contributed by atoms with van der Waals surface area (Å²) < 4.78 is 16.3. The van der Waals surface area contributed by atoms with Gasteiger partial charge in [-0.3, -0.25) is 9.59 Å². The van der Waals surface area contributed by atoms with Crippen molar-refractivity contribution >= 4 is 23.2 Å². The number of benzene rings is 2. The zero-order valence-electron chi connectivity index (χ0n) is 20.3. The third-order valence-electron chi connectivity index (χ3n) is 6.00. The van der Waals surface area contributed by atoms with Crippen molar-refractivity contribution in [1.29, 1.82) is 0 Å². The summed E-state index contributed by atoms with van der Waals surface area (Å²) in [6, 6.07) is 16.1. The lowest BCUT2D eigenvalue weighted by Gasteiger charge is -2.28. The van der Waals surface area contributed by atoms with Crippen LogP contribution in [-0.4, -0.2) is 57.2 Å². The molecule has 184 valence electrons. The molecule has 2 amide bonds. The van der Waals surface area contributed by atoms with E-state index < -0.39 is 0 Å². The van der Waals surface area contributed by atoms with Crippen LogP contribution in [0.1, 0.15) is 39.3 Å². The van der Waals surface area contributed by atoms with Crippen molar-refractivity contribution < 1.29 is 23.5 Å². The van der Waals surface area contributed by atoms with Gasteiger partial charge in [-0.25, -0.2) is 0 Å². The molecule has 1 atom stereocenters.